The molecule has 0 unspecified atom stereocenters. The van der Waals surface area contributed by atoms with Crippen molar-refractivity contribution in [3.63, 3.8) is 0 Å². The highest BCUT2D eigenvalue weighted by Gasteiger charge is 2.35. The van der Waals surface area contributed by atoms with Crippen molar-refractivity contribution < 1.29 is 22.8 Å². The van der Waals surface area contributed by atoms with Crippen molar-refractivity contribution in [2.24, 2.45) is 0 Å². The van der Waals surface area contributed by atoms with Crippen LogP contribution in [0.2, 0.25) is 0 Å². The van der Waals surface area contributed by atoms with Crippen LogP contribution in [-0.4, -0.2) is 33.5 Å². The van der Waals surface area contributed by atoms with Crippen molar-refractivity contribution in [2.45, 2.75) is 12.6 Å². The van der Waals surface area contributed by atoms with Crippen LogP contribution in [0, 0.1) is 0 Å². The summed E-state index contributed by atoms with van der Waals surface area (Å²) in [6, 6.07) is 12.8. The standard InChI is InChI=1S/C17H14F3N5O2/c18-17(19,20)15-23-16(25-24-15)22-13(26)7-8-21-14(27)12-6-5-10-3-1-2-4-11(10)9-12/h1-6,9H,7-8H2,(H,21,27)(H2,22,23,24,25,26). The predicted molar refractivity (Wildman–Crippen MR) is 90.9 cm³/mol. The number of nitrogens with zero attached hydrogens (tertiary/aromatic N) is 2. The molecule has 0 aliphatic heterocycles. The number of fused-ring (bicyclic) bond motifs is 1. The lowest BCUT2D eigenvalue weighted by molar-refractivity contribution is -0.144. The highest BCUT2D eigenvalue weighted by atomic mass is 19.4. The van der Waals surface area contributed by atoms with Gasteiger partial charge in [0.1, 0.15) is 0 Å². The van der Waals surface area contributed by atoms with Gasteiger partial charge < -0.3 is 5.32 Å². The number of hydrogen-bond acceptors (Lipinski definition) is 4. The Kier molecular flexibility index (Phi) is 5.06. The van der Waals surface area contributed by atoms with Crippen molar-refractivity contribution in [1.29, 1.82) is 0 Å². The number of carbonyl (C=O) groups is 2. The van der Waals surface area contributed by atoms with Gasteiger partial charge in [-0.1, -0.05) is 30.3 Å². The molecule has 7 nitrogen and oxygen atoms in total. The monoisotopic (exact) mass is 377 g/mol. The molecule has 27 heavy (non-hydrogen) atoms. The zero-order valence-electron chi connectivity index (χ0n) is 13.8. The number of amides is 2. The molecule has 3 rings (SSSR count). The summed E-state index contributed by atoms with van der Waals surface area (Å²) in [6.07, 6.45) is -4.82. The fourth-order valence-electron chi connectivity index (χ4n) is 2.35. The zero-order chi connectivity index (χ0) is 19.4. The molecule has 1 aromatic heterocycles. The smallest absolute Gasteiger partial charge is 0.352 e. The molecule has 0 bridgehead atoms. The molecule has 0 spiro atoms. The average molecular weight is 377 g/mol. The molecule has 0 radical (unpaired) electrons. The number of aromatic nitrogens is 3. The Morgan fingerprint density at radius 1 is 1.07 bits per heavy atom. The van der Waals surface area contributed by atoms with E-state index < -0.39 is 23.9 Å². The van der Waals surface area contributed by atoms with Gasteiger partial charge in [0.15, 0.2) is 0 Å². The second kappa shape index (κ2) is 7.44. The Morgan fingerprint density at radius 3 is 2.52 bits per heavy atom. The van der Waals surface area contributed by atoms with Gasteiger partial charge in [-0.15, -0.1) is 5.10 Å². The van der Waals surface area contributed by atoms with E-state index in [0.717, 1.165) is 10.8 Å². The van der Waals surface area contributed by atoms with Crippen LogP contribution < -0.4 is 10.6 Å². The summed E-state index contributed by atoms with van der Waals surface area (Å²) in [6.45, 7) is 0.00798. The second-order valence-corrected chi connectivity index (χ2v) is 5.62. The van der Waals surface area contributed by atoms with Crippen LogP contribution in [0.5, 0.6) is 0 Å². The van der Waals surface area contributed by atoms with Gasteiger partial charge in [-0.25, -0.2) is 0 Å². The van der Waals surface area contributed by atoms with E-state index in [0.29, 0.717) is 5.56 Å². The summed E-state index contributed by atoms with van der Waals surface area (Å²) in [5, 5.41) is 11.6. The largest absolute Gasteiger partial charge is 0.451 e. The Bertz CT molecular complexity index is 984. The molecule has 2 amide bonds. The molecule has 0 fully saturated rings. The summed E-state index contributed by atoms with van der Waals surface area (Å²) in [5.74, 6) is -2.76. The van der Waals surface area contributed by atoms with Gasteiger partial charge in [-0.2, -0.15) is 18.2 Å². The molecule has 3 aromatic rings. The first-order valence-corrected chi connectivity index (χ1v) is 7.89. The van der Waals surface area contributed by atoms with E-state index in [1.54, 1.807) is 17.2 Å². The topological polar surface area (TPSA) is 99.8 Å². The molecule has 10 heteroatoms. The number of H-pyrrole nitrogens is 1. The van der Waals surface area contributed by atoms with Crippen molar-refractivity contribution >= 4 is 28.5 Å². The van der Waals surface area contributed by atoms with E-state index in [4.69, 9.17) is 0 Å². The van der Waals surface area contributed by atoms with E-state index in [-0.39, 0.29) is 18.9 Å². The predicted octanol–water partition coefficient (Wildman–Crippen LogP) is 2.74. The van der Waals surface area contributed by atoms with Crippen LogP contribution in [0.4, 0.5) is 19.1 Å². The van der Waals surface area contributed by atoms with Crippen LogP contribution in [-0.2, 0) is 11.0 Å². The molecular formula is C17H14F3N5O2. The zero-order valence-corrected chi connectivity index (χ0v) is 13.8. The lowest BCUT2D eigenvalue weighted by Crippen LogP contribution is -2.27. The van der Waals surface area contributed by atoms with E-state index >= 15 is 0 Å². The SMILES string of the molecule is O=C(CCNC(=O)c1ccc2ccccc2c1)Nc1n[nH]c(C(F)(F)F)n1. The number of rotatable bonds is 5. The van der Waals surface area contributed by atoms with Crippen LogP contribution >= 0.6 is 0 Å². The van der Waals surface area contributed by atoms with Crippen molar-refractivity contribution in [2.75, 3.05) is 11.9 Å². The Hall–Kier alpha value is -3.43. The molecule has 3 N–H and O–H groups in total. The molecule has 0 atom stereocenters. The number of hydrogen-bond donors (Lipinski definition) is 3. The van der Waals surface area contributed by atoms with Crippen molar-refractivity contribution in [3.8, 4) is 0 Å². The molecule has 0 saturated heterocycles. The van der Waals surface area contributed by atoms with Crippen molar-refractivity contribution in [1.82, 2.24) is 20.5 Å². The highest BCUT2D eigenvalue weighted by molar-refractivity contribution is 5.99. The van der Waals surface area contributed by atoms with E-state index in [1.165, 1.54) is 0 Å². The van der Waals surface area contributed by atoms with Gasteiger partial charge in [0.05, 0.1) is 0 Å². The number of nitrogens with one attached hydrogen (secondary N) is 3. The first kappa shape index (κ1) is 18.4. The molecule has 2 aromatic carbocycles. The third-order valence-electron chi connectivity index (χ3n) is 3.65. The second-order valence-electron chi connectivity index (χ2n) is 5.62. The van der Waals surface area contributed by atoms with Crippen LogP contribution in [0.3, 0.4) is 0 Å². The molecule has 1 heterocycles. The maximum absolute atomic E-state index is 12.4. The van der Waals surface area contributed by atoms with Gasteiger partial charge in [-0.3, -0.25) is 20.0 Å². The first-order chi connectivity index (χ1) is 12.8. The summed E-state index contributed by atoms with van der Waals surface area (Å²) in [7, 11) is 0. The van der Waals surface area contributed by atoms with Gasteiger partial charge in [0, 0.05) is 18.5 Å². The minimum absolute atomic E-state index is 0.00798. The third-order valence-corrected chi connectivity index (χ3v) is 3.65. The maximum atomic E-state index is 12.4. The normalized spacial score (nSPS) is 11.4. The van der Waals surface area contributed by atoms with E-state index in [9.17, 15) is 22.8 Å². The lowest BCUT2D eigenvalue weighted by Gasteiger charge is -2.06. The van der Waals surface area contributed by atoms with Crippen LogP contribution in [0.15, 0.2) is 42.5 Å². The molecule has 0 saturated carbocycles. The third kappa shape index (κ3) is 4.60. The lowest BCUT2D eigenvalue weighted by atomic mass is 10.1. The molecule has 140 valence electrons. The highest BCUT2D eigenvalue weighted by Crippen LogP contribution is 2.26. The Morgan fingerprint density at radius 2 is 1.81 bits per heavy atom. The fraction of sp³-hybridized carbons (Fsp3) is 0.176. The van der Waals surface area contributed by atoms with E-state index in [2.05, 4.69) is 20.7 Å². The van der Waals surface area contributed by atoms with Crippen LogP contribution in [0.1, 0.15) is 22.6 Å². The average Bonchev–Trinajstić information content (AvgIpc) is 3.10. The first-order valence-electron chi connectivity index (χ1n) is 7.89. The number of aromatic amines is 1. The van der Waals surface area contributed by atoms with Gasteiger partial charge in [-0.05, 0) is 22.9 Å². The van der Waals surface area contributed by atoms with Gasteiger partial charge in [0.25, 0.3) is 5.91 Å². The summed E-state index contributed by atoms with van der Waals surface area (Å²) >= 11 is 0. The Balaban J connectivity index is 1.50. The number of alkyl halides is 3. The molecule has 0 aliphatic rings. The number of carbonyl (C=O) groups excluding carboxylic acids is 2. The van der Waals surface area contributed by atoms with Gasteiger partial charge >= 0.3 is 6.18 Å². The number of halogens is 3. The molecular weight excluding hydrogens is 363 g/mol. The minimum Gasteiger partial charge on any atom is -0.352 e. The van der Waals surface area contributed by atoms with Gasteiger partial charge in [0.2, 0.25) is 17.7 Å². The van der Waals surface area contributed by atoms with E-state index in [1.807, 2.05) is 30.3 Å². The summed E-state index contributed by atoms with van der Waals surface area (Å²) in [4.78, 5) is 27.0. The molecule has 0 aliphatic carbocycles. The number of anilines is 1. The van der Waals surface area contributed by atoms with Crippen molar-refractivity contribution in [3.05, 3.63) is 53.9 Å². The Labute approximate surface area is 151 Å². The van der Waals surface area contributed by atoms with Crippen LogP contribution in [0.25, 0.3) is 10.8 Å². The minimum atomic E-state index is -4.68. The number of benzene rings is 2. The quantitative estimate of drug-likeness (QED) is 0.637. The fourth-order valence-corrected chi connectivity index (χ4v) is 2.35. The summed E-state index contributed by atoms with van der Waals surface area (Å²) in [5.41, 5.74) is 0.442. The summed E-state index contributed by atoms with van der Waals surface area (Å²) < 4.78 is 37.2. The maximum Gasteiger partial charge on any atom is 0.451 e.